The molecule has 3 rings (SSSR count). The van der Waals surface area contributed by atoms with E-state index >= 15 is 0 Å². The van der Waals surface area contributed by atoms with Crippen LogP contribution in [0.2, 0.25) is 0 Å². The van der Waals surface area contributed by atoms with Gasteiger partial charge in [-0.25, -0.2) is 0 Å². The average Bonchev–Trinajstić information content (AvgIpc) is 3.06. The average molecular weight is 322 g/mol. The van der Waals surface area contributed by atoms with Crippen molar-refractivity contribution in [2.75, 3.05) is 44.8 Å². The summed E-state index contributed by atoms with van der Waals surface area (Å²) in [6.07, 6.45) is 4.56. The van der Waals surface area contributed by atoms with Gasteiger partial charge in [0.05, 0.1) is 6.61 Å². The van der Waals surface area contributed by atoms with Crippen LogP contribution in [0.25, 0.3) is 0 Å². The smallest absolute Gasteiger partial charge is 0.266 e. The largest absolute Gasteiger partial charge is 0.383 e. The van der Waals surface area contributed by atoms with Crippen molar-refractivity contribution in [1.82, 2.24) is 15.0 Å². The number of likely N-dealkylation sites (tertiary alicyclic amines) is 1. The summed E-state index contributed by atoms with van der Waals surface area (Å²) in [6, 6.07) is 0. The second kappa shape index (κ2) is 6.86. The van der Waals surface area contributed by atoms with Crippen LogP contribution in [-0.2, 0) is 16.0 Å². The van der Waals surface area contributed by atoms with Crippen molar-refractivity contribution in [2.45, 2.75) is 39.0 Å². The summed E-state index contributed by atoms with van der Waals surface area (Å²) < 4.78 is 10.3. The second-order valence-electron chi connectivity index (χ2n) is 6.64. The molecule has 2 aliphatic rings. The number of aromatic nitrogens is 2. The highest BCUT2D eigenvalue weighted by molar-refractivity contribution is 5.77. The molecular weight excluding hydrogens is 296 g/mol. The van der Waals surface area contributed by atoms with E-state index in [4.69, 9.17) is 9.26 Å². The first kappa shape index (κ1) is 16.2. The maximum absolute atomic E-state index is 12.1. The molecule has 0 unspecified atom stereocenters. The predicted octanol–water partition coefficient (Wildman–Crippen LogP) is 1.49. The third-order valence-corrected chi connectivity index (χ3v) is 5.18. The minimum Gasteiger partial charge on any atom is -0.383 e. The molecule has 0 atom stereocenters. The third kappa shape index (κ3) is 3.49. The van der Waals surface area contributed by atoms with E-state index in [2.05, 4.69) is 15.0 Å². The summed E-state index contributed by atoms with van der Waals surface area (Å²) in [5, 5.41) is 4.07. The molecule has 128 valence electrons. The molecular formula is C16H26N4O3. The summed E-state index contributed by atoms with van der Waals surface area (Å²) in [5.41, 5.74) is 0.246. The molecule has 7 nitrogen and oxygen atoms in total. The van der Waals surface area contributed by atoms with Crippen molar-refractivity contribution in [3.8, 4) is 0 Å². The fraction of sp³-hybridized carbons (Fsp3) is 0.812. The lowest BCUT2D eigenvalue weighted by Crippen LogP contribution is -2.52. The van der Waals surface area contributed by atoms with E-state index < -0.39 is 0 Å². The Balaban J connectivity index is 1.59. The Labute approximate surface area is 137 Å². The number of ether oxygens (including phenoxy) is 1. The van der Waals surface area contributed by atoms with Crippen LogP contribution in [0.15, 0.2) is 4.52 Å². The normalized spacial score (nSPS) is 21.2. The van der Waals surface area contributed by atoms with Crippen molar-refractivity contribution in [3.05, 3.63) is 5.89 Å². The Hall–Kier alpha value is -1.63. The van der Waals surface area contributed by atoms with Gasteiger partial charge in [-0.2, -0.15) is 4.98 Å². The highest BCUT2D eigenvalue weighted by Gasteiger charge is 2.41. The van der Waals surface area contributed by atoms with Gasteiger partial charge in [0.25, 0.3) is 5.95 Å². The lowest BCUT2D eigenvalue weighted by atomic mass is 9.72. The van der Waals surface area contributed by atoms with Crippen LogP contribution in [0.5, 0.6) is 0 Å². The molecule has 2 fully saturated rings. The van der Waals surface area contributed by atoms with Crippen LogP contribution in [-0.4, -0.2) is 60.8 Å². The van der Waals surface area contributed by atoms with E-state index in [0.717, 1.165) is 45.3 Å². The zero-order valence-electron chi connectivity index (χ0n) is 14.1. The zero-order valence-corrected chi connectivity index (χ0v) is 14.1. The summed E-state index contributed by atoms with van der Waals surface area (Å²) in [6.45, 7) is 6.03. The summed E-state index contributed by atoms with van der Waals surface area (Å²) in [5.74, 6) is 1.66. The van der Waals surface area contributed by atoms with Crippen LogP contribution in [0.1, 0.15) is 38.5 Å². The molecule has 2 saturated heterocycles. The monoisotopic (exact) mass is 322 g/mol. The molecule has 0 N–H and O–H groups in total. The maximum atomic E-state index is 12.1. The first-order valence-corrected chi connectivity index (χ1v) is 8.50. The molecule has 1 spiro atoms. The number of aryl methyl sites for hydroxylation is 1. The van der Waals surface area contributed by atoms with Crippen LogP contribution >= 0.6 is 0 Å². The zero-order chi connectivity index (χ0) is 16.3. The highest BCUT2D eigenvalue weighted by atomic mass is 16.5. The molecule has 1 amide bonds. The number of piperidine rings is 2. The molecule has 1 aromatic heterocycles. The van der Waals surface area contributed by atoms with Gasteiger partial charge >= 0.3 is 0 Å². The summed E-state index contributed by atoms with van der Waals surface area (Å²) in [7, 11) is 1.68. The summed E-state index contributed by atoms with van der Waals surface area (Å²) in [4.78, 5) is 20.7. The van der Waals surface area contributed by atoms with Gasteiger partial charge in [0, 0.05) is 46.1 Å². The van der Waals surface area contributed by atoms with E-state index in [9.17, 15) is 4.79 Å². The molecule has 0 saturated carbocycles. The van der Waals surface area contributed by atoms with E-state index in [-0.39, 0.29) is 11.3 Å². The van der Waals surface area contributed by atoms with Gasteiger partial charge in [-0.1, -0.05) is 6.92 Å². The highest BCUT2D eigenvalue weighted by Crippen LogP contribution is 2.40. The van der Waals surface area contributed by atoms with Gasteiger partial charge in [0.1, 0.15) is 0 Å². The van der Waals surface area contributed by atoms with Crippen LogP contribution in [0.4, 0.5) is 5.95 Å². The Bertz CT molecular complexity index is 537. The van der Waals surface area contributed by atoms with E-state index in [0.29, 0.717) is 31.4 Å². The first-order valence-electron chi connectivity index (χ1n) is 8.50. The number of nitrogens with zero attached hydrogens (tertiary/aromatic N) is 4. The lowest BCUT2D eigenvalue weighted by molar-refractivity contribution is -0.139. The van der Waals surface area contributed by atoms with Crippen molar-refractivity contribution >= 4 is 11.9 Å². The number of carbonyl (C=O) groups is 1. The van der Waals surface area contributed by atoms with Gasteiger partial charge in [-0.3, -0.25) is 4.79 Å². The lowest BCUT2D eigenvalue weighted by Gasteiger charge is -2.47. The first-order chi connectivity index (χ1) is 11.2. The standard InChI is InChI=1S/C16H26N4O3/c1-3-13-17-15(18-23-13)19-8-6-16(7-9-19)5-4-14(21)20(12-16)10-11-22-2/h3-12H2,1-2H3. The summed E-state index contributed by atoms with van der Waals surface area (Å²) >= 11 is 0. The van der Waals surface area contributed by atoms with Crippen molar-refractivity contribution in [3.63, 3.8) is 0 Å². The van der Waals surface area contributed by atoms with Gasteiger partial charge in [0.2, 0.25) is 11.8 Å². The molecule has 7 heteroatoms. The van der Waals surface area contributed by atoms with Crippen LogP contribution in [0, 0.1) is 5.41 Å². The van der Waals surface area contributed by atoms with Gasteiger partial charge < -0.3 is 19.1 Å². The van der Waals surface area contributed by atoms with Crippen molar-refractivity contribution in [1.29, 1.82) is 0 Å². The van der Waals surface area contributed by atoms with Crippen LogP contribution < -0.4 is 4.90 Å². The Morgan fingerprint density at radius 2 is 2.09 bits per heavy atom. The molecule has 0 aliphatic carbocycles. The number of rotatable bonds is 5. The number of methoxy groups -OCH3 is 1. The number of hydrogen-bond donors (Lipinski definition) is 0. The molecule has 23 heavy (non-hydrogen) atoms. The minimum atomic E-state index is 0.246. The fourth-order valence-corrected chi connectivity index (χ4v) is 3.61. The van der Waals surface area contributed by atoms with Crippen molar-refractivity contribution < 1.29 is 14.1 Å². The number of amides is 1. The molecule has 3 heterocycles. The van der Waals surface area contributed by atoms with Gasteiger partial charge in [-0.15, -0.1) is 0 Å². The number of anilines is 1. The Kier molecular flexibility index (Phi) is 4.84. The van der Waals surface area contributed by atoms with E-state index in [1.807, 2.05) is 11.8 Å². The van der Waals surface area contributed by atoms with Crippen LogP contribution in [0.3, 0.4) is 0 Å². The predicted molar refractivity (Wildman–Crippen MR) is 85.2 cm³/mol. The van der Waals surface area contributed by atoms with Crippen molar-refractivity contribution in [2.24, 2.45) is 5.41 Å². The molecule has 2 aliphatic heterocycles. The number of hydrogen-bond acceptors (Lipinski definition) is 6. The third-order valence-electron chi connectivity index (χ3n) is 5.18. The molecule has 0 bridgehead atoms. The Morgan fingerprint density at radius 1 is 1.30 bits per heavy atom. The topological polar surface area (TPSA) is 71.7 Å². The van der Waals surface area contributed by atoms with Gasteiger partial charge in [0.15, 0.2) is 0 Å². The van der Waals surface area contributed by atoms with E-state index in [1.54, 1.807) is 7.11 Å². The van der Waals surface area contributed by atoms with E-state index in [1.165, 1.54) is 0 Å². The quantitative estimate of drug-likeness (QED) is 0.818. The fourth-order valence-electron chi connectivity index (χ4n) is 3.61. The molecule has 0 radical (unpaired) electrons. The number of carbonyl (C=O) groups excluding carboxylic acids is 1. The Morgan fingerprint density at radius 3 is 2.74 bits per heavy atom. The SMILES string of the molecule is CCc1nc(N2CCC3(CCC(=O)N(CCOC)C3)CC2)no1. The maximum Gasteiger partial charge on any atom is 0.266 e. The minimum absolute atomic E-state index is 0.246. The van der Waals surface area contributed by atoms with Gasteiger partial charge in [-0.05, 0) is 29.8 Å². The second-order valence-corrected chi connectivity index (χ2v) is 6.64. The molecule has 0 aromatic carbocycles. The molecule has 1 aromatic rings.